The highest BCUT2D eigenvalue weighted by molar-refractivity contribution is 5.48. The zero-order chi connectivity index (χ0) is 14.9. The van der Waals surface area contributed by atoms with Crippen LogP contribution in [0.25, 0.3) is 0 Å². The van der Waals surface area contributed by atoms with Crippen LogP contribution in [0.2, 0.25) is 0 Å². The van der Waals surface area contributed by atoms with Crippen LogP contribution in [-0.2, 0) is 0 Å². The van der Waals surface area contributed by atoms with E-state index in [1.165, 1.54) is 12.1 Å². The number of nitrogens with two attached hydrogens (primary N) is 1. The molecule has 0 aromatic heterocycles. The first-order valence-corrected chi connectivity index (χ1v) is 6.70. The summed E-state index contributed by atoms with van der Waals surface area (Å²) in [4.78, 5) is 0. The zero-order valence-electron chi connectivity index (χ0n) is 12.3. The molecule has 0 radical (unpaired) electrons. The quantitative estimate of drug-likeness (QED) is 0.889. The van der Waals surface area contributed by atoms with Crippen molar-refractivity contribution in [3.8, 4) is 11.5 Å². The molecule has 2 N–H and O–H groups in total. The molecule has 0 aliphatic heterocycles. The SMILES string of the molecule is Cc1ccc(C)c(Oc2ccc(F)cc2[C@@H](C)N)c1C. The van der Waals surface area contributed by atoms with Crippen molar-refractivity contribution >= 4 is 0 Å². The van der Waals surface area contributed by atoms with Crippen LogP contribution in [0, 0.1) is 26.6 Å². The van der Waals surface area contributed by atoms with Crippen molar-refractivity contribution in [3.63, 3.8) is 0 Å². The topological polar surface area (TPSA) is 35.2 Å². The molecular weight excluding hydrogens is 253 g/mol. The Labute approximate surface area is 119 Å². The lowest BCUT2D eigenvalue weighted by atomic mass is 10.0. The van der Waals surface area contributed by atoms with E-state index in [2.05, 4.69) is 6.07 Å². The van der Waals surface area contributed by atoms with Crippen LogP contribution >= 0.6 is 0 Å². The molecule has 0 aliphatic carbocycles. The number of rotatable bonds is 3. The Kier molecular flexibility index (Phi) is 4.09. The Morgan fingerprint density at radius 2 is 1.70 bits per heavy atom. The number of hydrogen-bond acceptors (Lipinski definition) is 2. The summed E-state index contributed by atoms with van der Waals surface area (Å²) in [6.45, 7) is 7.87. The smallest absolute Gasteiger partial charge is 0.133 e. The highest BCUT2D eigenvalue weighted by atomic mass is 19.1. The molecule has 3 heteroatoms. The van der Waals surface area contributed by atoms with Crippen LogP contribution in [0.15, 0.2) is 30.3 Å². The summed E-state index contributed by atoms with van der Waals surface area (Å²) in [6.07, 6.45) is 0. The van der Waals surface area contributed by atoms with Gasteiger partial charge in [-0.1, -0.05) is 12.1 Å². The van der Waals surface area contributed by atoms with Gasteiger partial charge in [0.05, 0.1) is 0 Å². The summed E-state index contributed by atoms with van der Waals surface area (Å²) in [5.74, 6) is 1.12. The molecule has 1 atom stereocenters. The minimum Gasteiger partial charge on any atom is -0.456 e. The number of hydrogen-bond donors (Lipinski definition) is 1. The van der Waals surface area contributed by atoms with Gasteiger partial charge in [-0.3, -0.25) is 0 Å². The van der Waals surface area contributed by atoms with Gasteiger partial charge in [0.2, 0.25) is 0 Å². The lowest BCUT2D eigenvalue weighted by molar-refractivity contribution is 0.462. The fourth-order valence-corrected chi connectivity index (χ4v) is 2.16. The lowest BCUT2D eigenvalue weighted by Crippen LogP contribution is -2.07. The summed E-state index contributed by atoms with van der Waals surface area (Å²) in [5, 5.41) is 0. The molecule has 2 aromatic rings. The van der Waals surface area contributed by atoms with Gasteiger partial charge in [-0.15, -0.1) is 0 Å². The van der Waals surface area contributed by atoms with Gasteiger partial charge in [-0.2, -0.15) is 0 Å². The van der Waals surface area contributed by atoms with Crippen molar-refractivity contribution in [1.82, 2.24) is 0 Å². The molecule has 2 rings (SSSR count). The van der Waals surface area contributed by atoms with E-state index < -0.39 is 0 Å². The minimum atomic E-state index is -0.303. The third-order valence-electron chi connectivity index (χ3n) is 3.55. The molecule has 0 saturated heterocycles. The number of benzene rings is 2. The highest BCUT2D eigenvalue weighted by Crippen LogP contribution is 2.34. The van der Waals surface area contributed by atoms with E-state index in [0.29, 0.717) is 11.3 Å². The number of ether oxygens (including phenoxy) is 1. The molecule has 106 valence electrons. The second kappa shape index (κ2) is 5.63. The minimum absolute atomic E-state index is 0.286. The van der Waals surface area contributed by atoms with Crippen LogP contribution in [0.5, 0.6) is 11.5 Å². The van der Waals surface area contributed by atoms with E-state index in [1.54, 1.807) is 6.07 Å². The summed E-state index contributed by atoms with van der Waals surface area (Å²) in [5.41, 5.74) is 9.87. The first-order valence-electron chi connectivity index (χ1n) is 6.70. The van der Waals surface area contributed by atoms with Gasteiger partial charge in [0.1, 0.15) is 17.3 Å². The predicted octanol–water partition coefficient (Wildman–Crippen LogP) is 4.56. The highest BCUT2D eigenvalue weighted by Gasteiger charge is 2.13. The van der Waals surface area contributed by atoms with Crippen molar-refractivity contribution in [2.45, 2.75) is 33.7 Å². The second-order valence-corrected chi connectivity index (χ2v) is 5.23. The Balaban J connectivity index is 2.48. The summed E-state index contributed by atoms with van der Waals surface area (Å²) < 4.78 is 19.4. The van der Waals surface area contributed by atoms with Gasteiger partial charge in [-0.25, -0.2) is 4.39 Å². The third-order valence-corrected chi connectivity index (χ3v) is 3.55. The van der Waals surface area contributed by atoms with Crippen molar-refractivity contribution < 1.29 is 9.13 Å². The Morgan fingerprint density at radius 1 is 1.05 bits per heavy atom. The molecule has 0 heterocycles. The maximum absolute atomic E-state index is 13.4. The molecule has 0 fully saturated rings. The van der Waals surface area contributed by atoms with Gasteiger partial charge >= 0.3 is 0 Å². The average Bonchev–Trinajstić information content (AvgIpc) is 2.40. The normalized spacial score (nSPS) is 12.3. The third kappa shape index (κ3) is 2.83. The van der Waals surface area contributed by atoms with Gasteiger partial charge in [0.25, 0.3) is 0 Å². The van der Waals surface area contributed by atoms with Gasteiger partial charge < -0.3 is 10.5 Å². The van der Waals surface area contributed by atoms with E-state index in [-0.39, 0.29) is 11.9 Å². The summed E-state index contributed by atoms with van der Waals surface area (Å²) >= 11 is 0. The van der Waals surface area contributed by atoms with E-state index in [4.69, 9.17) is 10.5 Å². The maximum atomic E-state index is 13.4. The van der Waals surface area contributed by atoms with Crippen LogP contribution in [0.4, 0.5) is 4.39 Å². The first-order chi connectivity index (χ1) is 9.40. The molecule has 0 spiro atoms. The van der Waals surface area contributed by atoms with Gasteiger partial charge in [0.15, 0.2) is 0 Å². The van der Waals surface area contributed by atoms with Crippen molar-refractivity contribution in [2.24, 2.45) is 5.73 Å². The maximum Gasteiger partial charge on any atom is 0.133 e. The molecule has 0 amide bonds. The molecule has 2 nitrogen and oxygen atoms in total. The molecule has 2 aromatic carbocycles. The molecule has 0 saturated carbocycles. The van der Waals surface area contributed by atoms with Crippen molar-refractivity contribution in [3.05, 3.63) is 58.4 Å². The number of halogens is 1. The van der Waals surface area contributed by atoms with E-state index in [0.717, 1.165) is 22.4 Å². The standard InChI is InChI=1S/C17H20FNO/c1-10-5-6-11(2)17(12(10)3)20-16-8-7-14(18)9-15(16)13(4)19/h5-9,13H,19H2,1-4H3/t13-/m1/s1. The first kappa shape index (κ1) is 14.5. The van der Waals surface area contributed by atoms with Gasteiger partial charge in [-0.05, 0) is 62.6 Å². The van der Waals surface area contributed by atoms with Crippen LogP contribution in [0.1, 0.15) is 35.2 Å². The van der Waals surface area contributed by atoms with Crippen LogP contribution in [-0.4, -0.2) is 0 Å². The van der Waals surface area contributed by atoms with E-state index in [9.17, 15) is 4.39 Å². The monoisotopic (exact) mass is 273 g/mol. The molecule has 0 unspecified atom stereocenters. The predicted molar refractivity (Wildman–Crippen MR) is 79.7 cm³/mol. The Hall–Kier alpha value is -1.87. The zero-order valence-corrected chi connectivity index (χ0v) is 12.3. The molecule has 0 aliphatic rings. The number of aryl methyl sites for hydroxylation is 2. The van der Waals surface area contributed by atoms with Crippen molar-refractivity contribution in [1.29, 1.82) is 0 Å². The lowest BCUT2D eigenvalue weighted by Gasteiger charge is -2.17. The molecule has 0 bridgehead atoms. The van der Waals surface area contributed by atoms with Gasteiger partial charge in [0, 0.05) is 11.6 Å². The second-order valence-electron chi connectivity index (χ2n) is 5.23. The Morgan fingerprint density at radius 3 is 2.35 bits per heavy atom. The fourth-order valence-electron chi connectivity index (χ4n) is 2.16. The summed E-state index contributed by atoms with van der Waals surface area (Å²) in [7, 11) is 0. The van der Waals surface area contributed by atoms with Crippen molar-refractivity contribution in [2.75, 3.05) is 0 Å². The van der Waals surface area contributed by atoms with Crippen LogP contribution in [0.3, 0.4) is 0 Å². The Bertz CT molecular complexity index is 635. The van der Waals surface area contributed by atoms with Crippen LogP contribution < -0.4 is 10.5 Å². The van der Waals surface area contributed by atoms with E-state index in [1.807, 2.05) is 33.8 Å². The fraction of sp³-hybridized carbons (Fsp3) is 0.294. The average molecular weight is 273 g/mol. The van der Waals surface area contributed by atoms with E-state index >= 15 is 0 Å². The largest absolute Gasteiger partial charge is 0.456 e. The summed E-state index contributed by atoms with van der Waals surface area (Å²) in [6, 6.07) is 8.25. The molecular formula is C17H20FNO. The molecule has 20 heavy (non-hydrogen) atoms.